The number of phenolic OH excluding ortho intramolecular Hbond substituents is 1. The van der Waals surface area contributed by atoms with Crippen molar-refractivity contribution in [2.75, 3.05) is 92.5 Å². The van der Waals surface area contributed by atoms with Gasteiger partial charge in [-0.1, -0.05) is 12.1 Å². The Morgan fingerprint density at radius 2 is 1.55 bits per heavy atom. The van der Waals surface area contributed by atoms with E-state index in [-0.39, 0.29) is 5.75 Å². The summed E-state index contributed by atoms with van der Waals surface area (Å²) in [5.41, 5.74) is 4.06. The standard InChI is InChI=1S/C29H38N10O/c1-30-27-25(14-24(34-35-27)23-4-2-3-5-26(23)40)38-10-12-39(13-11-38)28-32-17-22(18-33-28)37-8-6-36(7-9-37)21-15-29(16-21)19-31-20-29/h2-5,14,17-18,21,31,40H,6-13,15-16,19-20H2,1H3,(H,30,35). The van der Waals surface area contributed by atoms with E-state index in [4.69, 9.17) is 9.97 Å². The third kappa shape index (κ3) is 4.66. The van der Waals surface area contributed by atoms with Gasteiger partial charge in [-0.25, -0.2) is 9.97 Å². The number of aromatic hydroxyl groups is 1. The lowest BCUT2D eigenvalue weighted by atomic mass is 9.61. The second-order valence-electron chi connectivity index (χ2n) is 11.6. The molecule has 0 atom stereocenters. The molecule has 1 saturated carbocycles. The van der Waals surface area contributed by atoms with Gasteiger partial charge in [0.25, 0.3) is 0 Å². The van der Waals surface area contributed by atoms with Gasteiger partial charge < -0.3 is 30.4 Å². The fourth-order valence-electron chi connectivity index (χ4n) is 6.72. The molecule has 3 saturated heterocycles. The Kier molecular flexibility index (Phi) is 6.55. The van der Waals surface area contributed by atoms with Crippen LogP contribution in [0.1, 0.15) is 12.8 Å². The number of para-hydroxylation sites is 1. The van der Waals surface area contributed by atoms with Gasteiger partial charge in [-0.3, -0.25) is 4.90 Å². The first-order valence-electron chi connectivity index (χ1n) is 14.5. The molecule has 3 N–H and O–H groups in total. The predicted molar refractivity (Wildman–Crippen MR) is 157 cm³/mol. The second-order valence-corrected chi connectivity index (χ2v) is 11.6. The summed E-state index contributed by atoms with van der Waals surface area (Å²) in [5, 5.41) is 25.6. The molecule has 0 unspecified atom stereocenters. The average Bonchev–Trinajstić information content (AvgIpc) is 2.96. The summed E-state index contributed by atoms with van der Waals surface area (Å²) >= 11 is 0. The minimum absolute atomic E-state index is 0.199. The maximum atomic E-state index is 10.3. The number of nitrogens with zero attached hydrogens (tertiary/aromatic N) is 8. The molecule has 5 heterocycles. The maximum Gasteiger partial charge on any atom is 0.225 e. The van der Waals surface area contributed by atoms with Crippen LogP contribution >= 0.6 is 0 Å². The zero-order valence-corrected chi connectivity index (χ0v) is 23.1. The first-order valence-corrected chi connectivity index (χ1v) is 14.5. The van der Waals surface area contributed by atoms with Crippen molar-refractivity contribution in [1.82, 2.24) is 30.4 Å². The molecule has 2 aromatic heterocycles. The number of anilines is 4. The summed E-state index contributed by atoms with van der Waals surface area (Å²) in [4.78, 5) is 19.2. The van der Waals surface area contributed by atoms with E-state index in [0.717, 1.165) is 81.5 Å². The van der Waals surface area contributed by atoms with Gasteiger partial charge in [0, 0.05) is 84.1 Å². The van der Waals surface area contributed by atoms with E-state index >= 15 is 0 Å². The molecular formula is C29H38N10O. The van der Waals surface area contributed by atoms with Crippen molar-refractivity contribution < 1.29 is 5.11 Å². The Morgan fingerprint density at radius 1 is 0.875 bits per heavy atom. The zero-order valence-electron chi connectivity index (χ0n) is 23.1. The van der Waals surface area contributed by atoms with Crippen LogP contribution in [0.15, 0.2) is 42.7 Å². The highest BCUT2D eigenvalue weighted by Crippen LogP contribution is 2.46. The van der Waals surface area contributed by atoms with Gasteiger partial charge in [0.15, 0.2) is 5.82 Å². The number of phenols is 1. The summed E-state index contributed by atoms with van der Waals surface area (Å²) in [6.07, 6.45) is 6.73. The summed E-state index contributed by atoms with van der Waals surface area (Å²) in [5.74, 6) is 1.71. The van der Waals surface area contributed by atoms with Crippen molar-refractivity contribution in [1.29, 1.82) is 0 Å². The van der Waals surface area contributed by atoms with Gasteiger partial charge in [-0.2, -0.15) is 0 Å². The Bertz CT molecular complexity index is 1320. The maximum absolute atomic E-state index is 10.3. The van der Waals surface area contributed by atoms with Crippen LogP contribution in [0.3, 0.4) is 0 Å². The van der Waals surface area contributed by atoms with E-state index in [2.05, 4.69) is 40.4 Å². The number of rotatable bonds is 6. The summed E-state index contributed by atoms with van der Waals surface area (Å²) in [6.45, 7) is 10.0. The number of hydrogen-bond donors (Lipinski definition) is 3. The smallest absolute Gasteiger partial charge is 0.225 e. The average molecular weight is 543 g/mol. The normalized spacial score (nSPS) is 21.3. The molecule has 0 radical (unpaired) electrons. The van der Waals surface area contributed by atoms with Crippen LogP contribution in [0.25, 0.3) is 11.3 Å². The van der Waals surface area contributed by atoms with Crippen LogP contribution in [-0.4, -0.2) is 109 Å². The molecule has 11 nitrogen and oxygen atoms in total. The lowest BCUT2D eigenvalue weighted by Crippen LogP contribution is -2.66. The molecule has 7 rings (SSSR count). The van der Waals surface area contributed by atoms with Crippen molar-refractivity contribution in [2.24, 2.45) is 5.41 Å². The molecular weight excluding hydrogens is 504 g/mol. The van der Waals surface area contributed by atoms with Crippen LogP contribution in [0.2, 0.25) is 0 Å². The van der Waals surface area contributed by atoms with E-state index in [1.807, 2.05) is 37.6 Å². The SMILES string of the molecule is CNc1nnc(-c2ccccc2O)cc1N1CCN(c2ncc(N3CCN(C4CC5(CNC5)C4)CC3)cn2)CC1. The molecule has 4 aliphatic rings. The van der Waals surface area contributed by atoms with E-state index in [0.29, 0.717) is 16.7 Å². The summed E-state index contributed by atoms with van der Waals surface area (Å²) < 4.78 is 0. The third-order valence-electron chi connectivity index (χ3n) is 9.25. The minimum Gasteiger partial charge on any atom is -0.507 e. The molecule has 210 valence electrons. The van der Waals surface area contributed by atoms with Crippen molar-refractivity contribution in [3.05, 3.63) is 42.7 Å². The van der Waals surface area contributed by atoms with E-state index in [1.165, 1.54) is 25.9 Å². The summed E-state index contributed by atoms with van der Waals surface area (Å²) in [7, 11) is 1.86. The molecule has 3 aliphatic heterocycles. The summed E-state index contributed by atoms with van der Waals surface area (Å²) in [6, 6.07) is 10.0. The van der Waals surface area contributed by atoms with Crippen LogP contribution in [0.5, 0.6) is 5.75 Å². The van der Waals surface area contributed by atoms with Crippen molar-refractivity contribution in [2.45, 2.75) is 18.9 Å². The van der Waals surface area contributed by atoms with Crippen molar-refractivity contribution >= 4 is 23.1 Å². The fraction of sp³-hybridized carbons (Fsp3) is 0.517. The van der Waals surface area contributed by atoms with Crippen molar-refractivity contribution in [3.63, 3.8) is 0 Å². The molecule has 1 spiro atoms. The molecule has 11 heteroatoms. The topological polar surface area (TPSA) is 109 Å². The van der Waals surface area contributed by atoms with Gasteiger partial charge >= 0.3 is 0 Å². The molecule has 4 fully saturated rings. The molecule has 3 aromatic rings. The largest absolute Gasteiger partial charge is 0.507 e. The fourth-order valence-corrected chi connectivity index (χ4v) is 6.72. The molecule has 0 amide bonds. The van der Waals surface area contributed by atoms with E-state index in [9.17, 15) is 5.11 Å². The Hall–Kier alpha value is -3.70. The van der Waals surface area contributed by atoms with Crippen LogP contribution in [-0.2, 0) is 0 Å². The number of piperazine rings is 2. The molecule has 1 aromatic carbocycles. The number of nitrogens with one attached hydrogen (secondary N) is 2. The monoisotopic (exact) mass is 542 g/mol. The molecule has 1 aliphatic carbocycles. The molecule has 0 bridgehead atoms. The Balaban J connectivity index is 0.951. The van der Waals surface area contributed by atoms with Gasteiger partial charge in [-0.15, -0.1) is 10.2 Å². The lowest BCUT2D eigenvalue weighted by Gasteiger charge is -2.58. The van der Waals surface area contributed by atoms with Gasteiger partial charge in [0.1, 0.15) is 5.75 Å². The lowest BCUT2D eigenvalue weighted by molar-refractivity contribution is -0.0373. The number of hydrogen-bond acceptors (Lipinski definition) is 11. The highest BCUT2D eigenvalue weighted by molar-refractivity contribution is 5.75. The first kappa shape index (κ1) is 25.3. The van der Waals surface area contributed by atoms with Crippen LogP contribution < -0.4 is 25.3 Å². The highest BCUT2D eigenvalue weighted by Gasteiger charge is 2.50. The zero-order chi connectivity index (χ0) is 27.1. The van der Waals surface area contributed by atoms with E-state index < -0.39 is 0 Å². The third-order valence-corrected chi connectivity index (χ3v) is 9.25. The highest BCUT2D eigenvalue weighted by atomic mass is 16.3. The van der Waals surface area contributed by atoms with E-state index in [1.54, 1.807) is 12.1 Å². The van der Waals surface area contributed by atoms with Crippen LogP contribution in [0, 0.1) is 5.41 Å². The van der Waals surface area contributed by atoms with Gasteiger partial charge in [0.2, 0.25) is 5.95 Å². The second kappa shape index (κ2) is 10.4. The van der Waals surface area contributed by atoms with Gasteiger partial charge in [0.05, 0.1) is 29.5 Å². The van der Waals surface area contributed by atoms with Crippen LogP contribution in [0.4, 0.5) is 23.1 Å². The Morgan fingerprint density at radius 3 is 2.20 bits per heavy atom. The number of benzene rings is 1. The Labute approximate surface area is 235 Å². The molecule has 40 heavy (non-hydrogen) atoms. The first-order chi connectivity index (χ1) is 19.6. The minimum atomic E-state index is 0.199. The van der Waals surface area contributed by atoms with Crippen molar-refractivity contribution in [3.8, 4) is 17.0 Å². The predicted octanol–water partition coefficient (Wildman–Crippen LogP) is 1.88. The number of aromatic nitrogens is 4. The van der Waals surface area contributed by atoms with Gasteiger partial charge in [-0.05, 0) is 36.5 Å². The quantitative estimate of drug-likeness (QED) is 0.425.